The first-order valence-electron chi connectivity index (χ1n) is 9.36. The molecule has 1 fully saturated rings. The summed E-state index contributed by atoms with van der Waals surface area (Å²) in [6.45, 7) is 5.63. The smallest absolute Gasteiger partial charge is 0.225 e. The molecule has 1 heterocycles. The van der Waals surface area contributed by atoms with Gasteiger partial charge in [0.2, 0.25) is 11.8 Å². The number of nitrogens with one attached hydrogen (secondary N) is 1. The van der Waals surface area contributed by atoms with E-state index in [-0.39, 0.29) is 23.8 Å². The van der Waals surface area contributed by atoms with Crippen molar-refractivity contribution >= 4 is 23.4 Å². The van der Waals surface area contributed by atoms with Crippen molar-refractivity contribution < 1.29 is 9.59 Å². The molecule has 0 unspecified atom stereocenters. The van der Waals surface area contributed by atoms with Gasteiger partial charge < -0.3 is 10.2 Å². The number of carbonyl (C=O) groups is 2. The molecule has 0 saturated carbocycles. The SMILES string of the molecule is CCC(CC)C(=O)N1CCC(NC(=O)CCc2ccc(Cl)cc2)CC1. The van der Waals surface area contributed by atoms with Gasteiger partial charge in [-0.25, -0.2) is 0 Å². The lowest BCUT2D eigenvalue weighted by molar-refractivity contribution is -0.137. The lowest BCUT2D eigenvalue weighted by Crippen LogP contribution is -2.48. The summed E-state index contributed by atoms with van der Waals surface area (Å²) in [5.74, 6) is 0.503. The monoisotopic (exact) mass is 364 g/mol. The predicted molar refractivity (Wildman–Crippen MR) is 102 cm³/mol. The fraction of sp³-hybridized carbons (Fsp3) is 0.600. The Kier molecular flexibility index (Phi) is 7.76. The average Bonchev–Trinajstić information content (AvgIpc) is 2.63. The van der Waals surface area contributed by atoms with Crippen molar-refractivity contribution in [2.24, 2.45) is 5.92 Å². The summed E-state index contributed by atoms with van der Waals surface area (Å²) in [7, 11) is 0. The highest BCUT2D eigenvalue weighted by Crippen LogP contribution is 2.17. The molecule has 4 nitrogen and oxygen atoms in total. The van der Waals surface area contributed by atoms with Crippen LogP contribution in [-0.4, -0.2) is 35.8 Å². The highest BCUT2D eigenvalue weighted by Gasteiger charge is 2.26. The minimum atomic E-state index is 0.0831. The molecule has 0 radical (unpaired) electrons. The highest BCUT2D eigenvalue weighted by atomic mass is 35.5. The van der Waals surface area contributed by atoms with E-state index in [2.05, 4.69) is 19.2 Å². The van der Waals surface area contributed by atoms with Crippen LogP contribution >= 0.6 is 11.6 Å². The number of piperidine rings is 1. The largest absolute Gasteiger partial charge is 0.353 e. The standard InChI is InChI=1S/C20H29ClN2O2/c1-3-16(4-2)20(25)23-13-11-18(12-14-23)22-19(24)10-7-15-5-8-17(21)9-6-15/h5-6,8-9,16,18H,3-4,7,10-14H2,1-2H3,(H,22,24). The third kappa shape index (κ3) is 6.03. The van der Waals surface area contributed by atoms with E-state index in [0.29, 0.717) is 11.4 Å². The molecule has 2 amide bonds. The van der Waals surface area contributed by atoms with Crippen molar-refractivity contribution in [3.05, 3.63) is 34.9 Å². The molecule has 0 aliphatic carbocycles. The number of halogens is 1. The van der Waals surface area contributed by atoms with Gasteiger partial charge in [-0.1, -0.05) is 37.6 Å². The zero-order chi connectivity index (χ0) is 18.2. The summed E-state index contributed by atoms with van der Waals surface area (Å²) in [5, 5.41) is 3.83. The zero-order valence-corrected chi connectivity index (χ0v) is 16.0. The lowest BCUT2D eigenvalue weighted by atomic mass is 9.98. The van der Waals surface area contributed by atoms with E-state index in [1.54, 1.807) is 0 Å². The Bertz CT molecular complexity index is 562. The topological polar surface area (TPSA) is 49.4 Å². The van der Waals surface area contributed by atoms with Gasteiger partial charge in [0, 0.05) is 36.5 Å². The summed E-state index contributed by atoms with van der Waals surface area (Å²) >= 11 is 5.87. The molecule has 1 N–H and O–H groups in total. The van der Waals surface area contributed by atoms with Gasteiger partial charge in [0.1, 0.15) is 0 Å². The molecular weight excluding hydrogens is 336 g/mol. The van der Waals surface area contributed by atoms with E-state index in [4.69, 9.17) is 11.6 Å². The molecule has 5 heteroatoms. The van der Waals surface area contributed by atoms with Gasteiger partial charge in [-0.2, -0.15) is 0 Å². The Labute approximate surface area is 155 Å². The number of hydrogen-bond acceptors (Lipinski definition) is 2. The molecule has 0 bridgehead atoms. The summed E-state index contributed by atoms with van der Waals surface area (Å²) in [6, 6.07) is 7.79. The molecule has 1 aliphatic heterocycles. The number of nitrogens with zero attached hydrogens (tertiary/aromatic N) is 1. The minimum Gasteiger partial charge on any atom is -0.353 e. The van der Waals surface area contributed by atoms with Crippen LogP contribution in [0.5, 0.6) is 0 Å². The summed E-state index contributed by atoms with van der Waals surface area (Å²) in [5.41, 5.74) is 1.12. The van der Waals surface area contributed by atoms with Gasteiger partial charge in [0.15, 0.2) is 0 Å². The number of hydrogen-bond donors (Lipinski definition) is 1. The van der Waals surface area contributed by atoms with Gasteiger partial charge in [0.25, 0.3) is 0 Å². The molecule has 0 spiro atoms. The Morgan fingerprint density at radius 3 is 2.32 bits per heavy atom. The average molecular weight is 365 g/mol. The van der Waals surface area contributed by atoms with Crippen molar-refractivity contribution in [2.75, 3.05) is 13.1 Å². The van der Waals surface area contributed by atoms with Crippen LogP contribution in [0.3, 0.4) is 0 Å². The van der Waals surface area contributed by atoms with E-state index in [0.717, 1.165) is 50.8 Å². The maximum Gasteiger partial charge on any atom is 0.225 e. The first-order valence-corrected chi connectivity index (χ1v) is 9.73. The van der Waals surface area contributed by atoms with Crippen LogP contribution in [0.1, 0.15) is 51.5 Å². The van der Waals surface area contributed by atoms with Crippen molar-refractivity contribution in [3.8, 4) is 0 Å². The van der Waals surface area contributed by atoms with Crippen molar-refractivity contribution in [1.29, 1.82) is 0 Å². The number of carbonyl (C=O) groups excluding carboxylic acids is 2. The van der Waals surface area contributed by atoms with Crippen molar-refractivity contribution in [3.63, 3.8) is 0 Å². The van der Waals surface area contributed by atoms with E-state index >= 15 is 0 Å². The third-order valence-electron chi connectivity index (χ3n) is 5.06. The first kappa shape index (κ1) is 19.8. The summed E-state index contributed by atoms with van der Waals surface area (Å²) in [4.78, 5) is 26.5. The molecule has 0 aromatic heterocycles. The first-order chi connectivity index (χ1) is 12.0. The van der Waals surface area contributed by atoms with E-state index in [9.17, 15) is 9.59 Å². The van der Waals surface area contributed by atoms with Crippen LogP contribution in [0.15, 0.2) is 24.3 Å². The molecule has 1 aliphatic rings. The van der Waals surface area contributed by atoms with Gasteiger partial charge in [0.05, 0.1) is 0 Å². The van der Waals surface area contributed by atoms with Crippen molar-refractivity contribution in [1.82, 2.24) is 10.2 Å². The van der Waals surface area contributed by atoms with Crippen LogP contribution in [0.25, 0.3) is 0 Å². The number of aryl methyl sites for hydroxylation is 1. The molecule has 25 heavy (non-hydrogen) atoms. The Balaban J connectivity index is 1.71. The van der Waals surface area contributed by atoms with Gasteiger partial charge in [-0.15, -0.1) is 0 Å². The molecule has 138 valence electrons. The lowest BCUT2D eigenvalue weighted by Gasteiger charge is -2.34. The number of amides is 2. The Morgan fingerprint density at radius 1 is 1.16 bits per heavy atom. The summed E-state index contributed by atoms with van der Waals surface area (Å²) in [6.07, 6.45) is 4.69. The fourth-order valence-electron chi connectivity index (χ4n) is 3.35. The fourth-order valence-corrected chi connectivity index (χ4v) is 3.48. The third-order valence-corrected chi connectivity index (χ3v) is 5.31. The summed E-state index contributed by atoms with van der Waals surface area (Å²) < 4.78 is 0. The Morgan fingerprint density at radius 2 is 1.76 bits per heavy atom. The number of benzene rings is 1. The van der Waals surface area contributed by atoms with Crippen LogP contribution in [-0.2, 0) is 16.0 Å². The van der Waals surface area contributed by atoms with Gasteiger partial charge >= 0.3 is 0 Å². The van der Waals surface area contributed by atoms with E-state index in [1.165, 1.54) is 0 Å². The van der Waals surface area contributed by atoms with E-state index < -0.39 is 0 Å². The van der Waals surface area contributed by atoms with Gasteiger partial charge in [-0.05, 0) is 49.8 Å². The highest BCUT2D eigenvalue weighted by molar-refractivity contribution is 6.30. The van der Waals surface area contributed by atoms with Gasteiger partial charge in [-0.3, -0.25) is 9.59 Å². The number of rotatable bonds is 7. The second-order valence-electron chi connectivity index (χ2n) is 6.81. The minimum absolute atomic E-state index is 0.0831. The second kappa shape index (κ2) is 9.81. The second-order valence-corrected chi connectivity index (χ2v) is 7.24. The maximum atomic E-state index is 12.4. The molecule has 1 aromatic carbocycles. The molecular formula is C20H29ClN2O2. The molecule has 0 atom stereocenters. The van der Waals surface area contributed by atoms with Crippen LogP contribution in [0, 0.1) is 5.92 Å². The van der Waals surface area contributed by atoms with E-state index in [1.807, 2.05) is 29.2 Å². The predicted octanol–water partition coefficient (Wildman–Crippen LogP) is 3.82. The molecule has 1 saturated heterocycles. The molecule has 1 aromatic rings. The zero-order valence-electron chi connectivity index (χ0n) is 15.3. The van der Waals surface area contributed by atoms with Crippen LogP contribution in [0.4, 0.5) is 0 Å². The quantitative estimate of drug-likeness (QED) is 0.799. The van der Waals surface area contributed by atoms with Crippen LogP contribution in [0.2, 0.25) is 5.02 Å². The van der Waals surface area contributed by atoms with Crippen LogP contribution < -0.4 is 5.32 Å². The van der Waals surface area contributed by atoms with Crippen molar-refractivity contribution in [2.45, 2.75) is 58.4 Å². The normalized spacial score (nSPS) is 15.4. The molecule has 2 rings (SSSR count). The maximum absolute atomic E-state index is 12.4. The number of likely N-dealkylation sites (tertiary alicyclic amines) is 1. The Hall–Kier alpha value is -1.55.